The number of nitrogens with zero attached hydrogens (tertiary/aromatic N) is 2. The van der Waals surface area contributed by atoms with Gasteiger partial charge >= 0.3 is 0 Å². The highest BCUT2D eigenvalue weighted by molar-refractivity contribution is 7.90. The third-order valence-electron chi connectivity index (χ3n) is 3.46. The SMILES string of the molecule is Cc1ccccc1S(=O)(=O)NC(=O)c1cn(C)c(-c2cccs2)n1. The second-order valence-electron chi connectivity index (χ2n) is 5.24. The van der Waals surface area contributed by atoms with Crippen LogP contribution in [-0.2, 0) is 17.1 Å². The number of aromatic nitrogens is 2. The lowest BCUT2D eigenvalue weighted by molar-refractivity contribution is 0.0977. The van der Waals surface area contributed by atoms with E-state index in [1.165, 1.54) is 23.6 Å². The number of amides is 1. The number of carbonyl (C=O) groups excluding carboxylic acids is 1. The van der Waals surface area contributed by atoms with Crippen LogP contribution in [0.4, 0.5) is 0 Å². The van der Waals surface area contributed by atoms with Crippen molar-refractivity contribution in [2.45, 2.75) is 11.8 Å². The second kappa shape index (κ2) is 6.21. The summed E-state index contributed by atoms with van der Waals surface area (Å²) in [6.45, 7) is 1.68. The van der Waals surface area contributed by atoms with Crippen LogP contribution in [0.2, 0.25) is 0 Å². The van der Waals surface area contributed by atoms with Crippen LogP contribution < -0.4 is 4.72 Å². The quantitative estimate of drug-likeness (QED) is 0.774. The molecule has 0 aliphatic rings. The lowest BCUT2D eigenvalue weighted by Gasteiger charge is -2.07. The van der Waals surface area contributed by atoms with Crippen molar-refractivity contribution >= 4 is 27.3 Å². The van der Waals surface area contributed by atoms with Crippen LogP contribution in [0.1, 0.15) is 16.1 Å². The first kappa shape index (κ1) is 16.4. The largest absolute Gasteiger partial charge is 0.333 e. The molecule has 2 heterocycles. The molecule has 8 heteroatoms. The van der Waals surface area contributed by atoms with Crippen molar-refractivity contribution in [1.82, 2.24) is 14.3 Å². The number of thiophene rings is 1. The molecule has 124 valence electrons. The van der Waals surface area contributed by atoms with E-state index in [0.717, 1.165) is 4.88 Å². The molecule has 1 amide bonds. The first-order valence-electron chi connectivity index (χ1n) is 7.08. The molecular formula is C16H15N3O3S2. The smallest absolute Gasteiger partial charge is 0.285 e. The topological polar surface area (TPSA) is 81.1 Å². The molecule has 24 heavy (non-hydrogen) atoms. The molecule has 2 aromatic heterocycles. The Kier molecular flexibility index (Phi) is 4.25. The molecule has 0 atom stereocenters. The third-order valence-corrected chi connectivity index (χ3v) is 5.82. The van der Waals surface area contributed by atoms with Gasteiger partial charge in [-0.25, -0.2) is 18.1 Å². The van der Waals surface area contributed by atoms with E-state index >= 15 is 0 Å². The number of hydrogen-bond acceptors (Lipinski definition) is 5. The van der Waals surface area contributed by atoms with Crippen LogP contribution in [0.3, 0.4) is 0 Å². The first-order chi connectivity index (χ1) is 11.4. The van der Waals surface area contributed by atoms with Crippen molar-refractivity contribution < 1.29 is 13.2 Å². The van der Waals surface area contributed by atoms with Gasteiger partial charge in [0.15, 0.2) is 5.82 Å². The molecular weight excluding hydrogens is 346 g/mol. The van der Waals surface area contributed by atoms with Gasteiger partial charge in [-0.3, -0.25) is 4.79 Å². The fraction of sp³-hybridized carbons (Fsp3) is 0.125. The van der Waals surface area contributed by atoms with E-state index in [1.807, 2.05) is 17.5 Å². The number of nitrogens with one attached hydrogen (secondary N) is 1. The Morgan fingerprint density at radius 2 is 1.96 bits per heavy atom. The van der Waals surface area contributed by atoms with E-state index in [2.05, 4.69) is 9.71 Å². The Morgan fingerprint density at radius 1 is 1.21 bits per heavy atom. The van der Waals surface area contributed by atoms with Crippen LogP contribution in [-0.4, -0.2) is 23.9 Å². The Labute approximate surface area is 143 Å². The number of benzene rings is 1. The average molecular weight is 361 g/mol. The van der Waals surface area contributed by atoms with Gasteiger partial charge in [-0.1, -0.05) is 24.3 Å². The first-order valence-corrected chi connectivity index (χ1v) is 9.45. The van der Waals surface area contributed by atoms with E-state index in [1.54, 1.807) is 36.7 Å². The monoisotopic (exact) mass is 361 g/mol. The van der Waals surface area contributed by atoms with Crippen LogP contribution in [0.5, 0.6) is 0 Å². The van der Waals surface area contributed by atoms with Crippen LogP contribution in [0.25, 0.3) is 10.7 Å². The lowest BCUT2D eigenvalue weighted by atomic mass is 10.2. The van der Waals surface area contributed by atoms with Gasteiger partial charge in [-0.05, 0) is 30.0 Å². The Morgan fingerprint density at radius 3 is 2.62 bits per heavy atom. The van der Waals surface area contributed by atoms with Gasteiger partial charge in [0.2, 0.25) is 0 Å². The normalized spacial score (nSPS) is 11.4. The number of sulfonamides is 1. The summed E-state index contributed by atoms with van der Waals surface area (Å²) >= 11 is 1.49. The molecule has 3 aromatic rings. The minimum Gasteiger partial charge on any atom is -0.333 e. The van der Waals surface area contributed by atoms with Gasteiger partial charge in [-0.15, -0.1) is 11.3 Å². The standard InChI is InChI=1S/C16H15N3O3S2/c1-11-6-3-4-8-14(11)24(21,22)18-16(20)12-10-19(2)15(17-12)13-7-5-9-23-13/h3-10H,1-2H3,(H,18,20). The van der Waals surface area contributed by atoms with E-state index in [9.17, 15) is 13.2 Å². The zero-order chi connectivity index (χ0) is 17.3. The minimum absolute atomic E-state index is 0.0538. The molecule has 0 fully saturated rings. The van der Waals surface area contributed by atoms with Crippen molar-refractivity contribution in [2.24, 2.45) is 7.05 Å². The highest BCUT2D eigenvalue weighted by Gasteiger charge is 2.22. The molecule has 1 N–H and O–H groups in total. The summed E-state index contributed by atoms with van der Waals surface area (Å²) in [6.07, 6.45) is 1.51. The molecule has 0 saturated heterocycles. The summed E-state index contributed by atoms with van der Waals surface area (Å²) in [4.78, 5) is 17.5. The highest BCUT2D eigenvalue weighted by Crippen LogP contribution is 2.23. The second-order valence-corrected chi connectivity index (χ2v) is 7.84. The fourth-order valence-electron chi connectivity index (χ4n) is 2.30. The van der Waals surface area contributed by atoms with E-state index in [-0.39, 0.29) is 10.6 Å². The molecule has 6 nitrogen and oxygen atoms in total. The molecule has 3 rings (SSSR count). The summed E-state index contributed by atoms with van der Waals surface area (Å²) in [5.41, 5.74) is 0.621. The minimum atomic E-state index is -3.94. The third kappa shape index (κ3) is 3.10. The maximum atomic E-state index is 12.4. The van der Waals surface area contributed by atoms with Gasteiger partial charge in [0.1, 0.15) is 5.69 Å². The molecule has 0 spiro atoms. The number of aryl methyl sites for hydroxylation is 2. The van der Waals surface area contributed by atoms with Gasteiger partial charge in [0.25, 0.3) is 15.9 Å². The highest BCUT2D eigenvalue weighted by atomic mass is 32.2. The number of imidazole rings is 1. The van der Waals surface area contributed by atoms with Crippen molar-refractivity contribution in [2.75, 3.05) is 0 Å². The molecule has 0 saturated carbocycles. The Hall–Kier alpha value is -2.45. The van der Waals surface area contributed by atoms with Gasteiger partial charge < -0.3 is 4.57 Å². The van der Waals surface area contributed by atoms with Crippen molar-refractivity contribution in [3.63, 3.8) is 0 Å². The Bertz CT molecular complexity index is 990. The van der Waals surface area contributed by atoms with E-state index < -0.39 is 15.9 Å². The molecule has 0 aliphatic heterocycles. The fourth-order valence-corrected chi connectivity index (χ4v) is 4.26. The van der Waals surface area contributed by atoms with Gasteiger partial charge in [0, 0.05) is 13.2 Å². The number of hydrogen-bond donors (Lipinski definition) is 1. The van der Waals surface area contributed by atoms with Crippen LogP contribution in [0.15, 0.2) is 52.9 Å². The lowest BCUT2D eigenvalue weighted by Crippen LogP contribution is -2.31. The van der Waals surface area contributed by atoms with Gasteiger partial charge in [-0.2, -0.15) is 0 Å². The summed E-state index contributed by atoms with van der Waals surface area (Å²) in [6, 6.07) is 10.3. The van der Waals surface area contributed by atoms with Crippen molar-refractivity contribution in [3.8, 4) is 10.7 Å². The molecule has 0 radical (unpaired) electrons. The Balaban J connectivity index is 1.88. The zero-order valence-corrected chi connectivity index (χ0v) is 14.7. The number of carbonyl (C=O) groups is 1. The average Bonchev–Trinajstić information content (AvgIpc) is 3.16. The molecule has 0 bridgehead atoms. The number of rotatable bonds is 4. The molecule has 1 aromatic carbocycles. The summed E-state index contributed by atoms with van der Waals surface area (Å²) in [5, 5.41) is 1.91. The predicted molar refractivity (Wildman–Crippen MR) is 92.4 cm³/mol. The molecule has 0 aliphatic carbocycles. The van der Waals surface area contributed by atoms with E-state index in [0.29, 0.717) is 11.4 Å². The summed E-state index contributed by atoms with van der Waals surface area (Å²) < 4.78 is 28.6. The van der Waals surface area contributed by atoms with Gasteiger partial charge in [0.05, 0.1) is 9.77 Å². The van der Waals surface area contributed by atoms with Crippen LogP contribution in [0, 0.1) is 6.92 Å². The van der Waals surface area contributed by atoms with Crippen LogP contribution >= 0.6 is 11.3 Å². The zero-order valence-electron chi connectivity index (χ0n) is 13.1. The summed E-state index contributed by atoms with van der Waals surface area (Å²) in [7, 11) is -2.18. The molecule has 0 unspecified atom stereocenters. The van der Waals surface area contributed by atoms with Crippen molar-refractivity contribution in [1.29, 1.82) is 0 Å². The maximum Gasteiger partial charge on any atom is 0.285 e. The van der Waals surface area contributed by atoms with E-state index in [4.69, 9.17) is 0 Å². The predicted octanol–water partition coefficient (Wildman–Crippen LogP) is 2.58. The summed E-state index contributed by atoms with van der Waals surface area (Å²) in [5.74, 6) is -0.139. The maximum absolute atomic E-state index is 12.4. The van der Waals surface area contributed by atoms with Crippen molar-refractivity contribution in [3.05, 3.63) is 59.2 Å².